The number of allylic oxidation sites excluding steroid dienone is 3. The van der Waals surface area contributed by atoms with Gasteiger partial charge in [-0.1, -0.05) is 18.2 Å². The molecular weight excluding hydrogens is 454 g/mol. The van der Waals surface area contributed by atoms with Crippen LogP contribution in [0.2, 0.25) is 0 Å². The zero-order valence-corrected chi connectivity index (χ0v) is 16.9. The van der Waals surface area contributed by atoms with Gasteiger partial charge in [0.25, 0.3) is 0 Å². The van der Waals surface area contributed by atoms with Crippen LogP contribution in [-0.2, 0) is 11.5 Å². The highest BCUT2D eigenvalue weighted by atomic mass is 19.4. The molecule has 1 aliphatic rings. The number of ether oxygens (including phenoxy) is 1. The van der Waals surface area contributed by atoms with Crippen molar-refractivity contribution in [1.29, 1.82) is 0 Å². The standard InChI is InChI=1S/C22H18F6N2O3/c23-12-13-4-6-16(7-5-13)33-18-10-14(21(24,25)22(26,27)28)2-1-3-17(18)20(32)30-15-8-9-29-19(31)11-15/h2,4-11,17H,1,3,12H2,(H2,29,30,31,32)/t17-/m0/s1. The van der Waals surface area contributed by atoms with Crippen molar-refractivity contribution in [3.05, 3.63) is 82.0 Å². The number of aromatic amines is 1. The molecule has 0 unspecified atom stereocenters. The topological polar surface area (TPSA) is 71.2 Å². The van der Waals surface area contributed by atoms with Crippen molar-refractivity contribution < 1.29 is 35.9 Å². The van der Waals surface area contributed by atoms with Crippen molar-refractivity contribution in [2.24, 2.45) is 5.92 Å². The number of aromatic nitrogens is 1. The van der Waals surface area contributed by atoms with Crippen molar-refractivity contribution in [1.82, 2.24) is 4.98 Å². The van der Waals surface area contributed by atoms with Crippen LogP contribution in [0, 0.1) is 5.92 Å². The summed E-state index contributed by atoms with van der Waals surface area (Å²) in [7, 11) is 0. The highest BCUT2D eigenvalue weighted by molar-refractivity contribution is 5.94. The van der Waals surface area contributed by atoms with Crippen LogP contribution >= 0.6 is 0 Å². The second-order valence-electron chi connectivity index (χ2n) is 7.22. The van der Waals surface area contributed by atoms with Gasteiger partial charge in [0.15, 0.2) is 0 Å². The molecule has 1 heterocycles. The van der Waals surface area contributed by atoms with Crippen LogP contribution in [0.15, 0.2) is 70.9 Å². The SMILES string of the molecule is O=C(Nc1cc[nH]c(=O)c1)[C@H]1CCC=C(C(F)(F)C(F)(F)F)C=C1Oc1ccc(CF)cc1. The molecule has 0 saturated heterocycles. The third-order valence-corrected chi connectivity index (χ3v) is 4.85. The molecule has 11 heteroatoms. The lowest BCUT2D eigenvalue weighted by atomic mass is 10.0. The molecule has 1 amide bonds. The second-order valence-corrected chi connectivity index (χ2v) is 7.22. The van der Waals surface area contributed by atoms with E-state index in [4.69, 9.17) is 4.74 Å². The highest BCUT2D eigenvalue weighted by Gasteiger charge is 2.59. The smallest absolute Gasteiger partial charge is 0.458 e. The molecular formula is C22H18F6N2O3. The molecule has 3 rings (SSSR count). The second kappa shape index (κ2) is 9.55. The summed E-state index contributed by atoms with van der Waals surface area (Å²) < 4.78 is 85.3. The lowest BCUT2D eigenvalue weighted by Crippen LogP contribution is -2.38. The Kier molecular flexibility index (Phi) is 6.99. The summed E-state index contributed by atoms with van der Waals surface area (Å²) in [5, 5.41) is 2.44. The molecule has 0 saturated carbocycles. The molecule has 2 N–H and O–H groups in total. The molecule has 33 heavy (non-hydrogen) atoms. The molecule has 1 aliphatic carbocycles. The van der Waals surface area contributed by atoms with E-state index in [-0.39, 0.29) is 24.3 Å². The monoisotopic (exact) mass is 472 g/mol. The number of amides is 1. The van der Waals surface area contributed by atoms with Gasteiger partial charge in [-0.05, 0) is 42.7 Å². The number of carbonyl (C=O) groups excluding carboxylic acids is 1. The van der Waals surface area contributed by atoms with Crippen LogP contribution < -0.4 is 15.6 Å². The molecule has 0 radical (unpaired) electrons. The quantitative estimate of drug-likeness (QED) is 0.562. The molecule has 0 aliphatic heterocycles. The average Bonchev–Trinajstić information content (AvgIpc) is 2.96. The van der Waals surface area contributed by atoms with Crippen LogP contribution in [0.5, 0.6) is 5.75 Å². The molecule has 0 fully saturated rings. The van der Waals surface area contributed by atoms with E-state index in [0.717, 1.165) is 6.07 Å². The molecule has 1 aromatic carbocycles. The number of benzene rings is 1. The number of alkyl halides is 6. The van der Waals surface area contributed by atoms with Crippen LogP contribution in [0.1, 0.15) is 18.4 Å². The number of pyridine rings is 1. The maximum absolute atomic E-state index is 14.1. The molecule has 2 aromatic rings. The van der Waals surface area contributed by atoms with Gasteiger partial charge in [-0.25, -0.2) is 4.39 Å². The van der Waals surface area contributed by atoms with Gasteiger partial charge < -0.3 is 15.0 Å². The van der Waals surface area contributed by atoms with E-state index >= 15 is 0 Å². The van der Waals surface area contributed by atoms with Crippen molar-refractivity contribution >= 4 is 11.6 Å². The Balaban J connectivity index is 1.97. The van der Waals surface area contributed by atoms with Gasteiger partial charge in [0.05, 0.1) is 5.92 Å². The molecule has 0 bridgehead atoms. The first-order chi connectivity index (χ1) is 15.5. The fourth-order valence-corrected chi connectivity index (χ4v) is 3.14. The predicted octanol–water partition coefficient (Wildman–Crippen LogP) is 5.28. The Morgan fingerprint density at radius 2 is 1.82 bits per heavy atom. The van der Waals surface area contributed by atoms with E-state index in [0.29, 0.717) is 17.7 Å². The number of halogens is 6. The Bertz CT molecular complexity index is 1120. The van der Waals surface area contributed by atoms with E-state index < -0.39 is 47.5 Å². The normalized spacial score (nSPS) is 17.0. The first kappa shape index (κ1) is 24.1. The number of carbonyl (C=O) groups is 1. The lowest BCUT2D eigenvalue weighted by molar-refractivity contribution is -0.263. The molecule has 5 nitrogen and oxygen atoms in total. The Morgan fingerprint density at radius 3 is 2.42 bits per heavy atom. The van der Waals surface area contributed by atoms with Crippen LogP contribution in [0.3, 0.4) is 0 Å². The summed E-state index contributed by atoms with van der Waals surface area (Å²) in [5.74, 6) is -7.61. The Morgan fingerprint density at radius 1 is 1.12 bits per heavy atom. The van der Waals surface area contributed by atoms with Crippen LogP contribution in [0.25, 0.3) is 0 Å². The van der Waals surface area contributed by atoms with Crippen molar-refractivity contribution in [2.45, 2.75) is 31.6 Å². The lowest BCUT2D eigenvalue weighted by Gasteiger charge is -2.22. The highest BCUT2D eigenvalue weighted by Crippen LogP contribution is 2.43. The van der Waals surface area contributed by atoms with Crippen LogP contribution in [-0.4, -0.2) is 23.0 Å². The fraction of sp³-hybridized carbons (Fsp3) is 0.273. The molecule has 176 valence electrons. The third-order valence-electron chi connectivity index (χ3n) is 4.85. The van der Waals surface area contributed by atoms with E-state index in [9.17, 15) is 35.9 Å². The zero-order valence-electron chi connectivity index (χ0n) is 16.9. The summed E-state index contributed by atoms with van der Waals surface area (Å²) in [5.41, 5.74) is -1.46. The van der Waals surface area contributed by atoms with Gasteiger partial charge in [-0.3, -0.25) is 9.59 Å². The summed E-state index contributed by atoms with van der Waals surface area (Å²) >= 11 is 0. The van der Waals surface area contributed by atoms with E-state index in [2.05, 4.69) is 10.3 Å². The number of nitrogens with one attached hydrogen (secondary N) is 2. The molecule has 1 atom stereocenters. The van der Waals surface area contributed by atoms with E-state index in [1.807, 2.05) is 0 Å². The van der Waals surface area contributed by atoms with E-state index in [1.54, 1.807) is 0 Å². The molecule has 1 aromatic heterocycles. The summed E-state index contributed by atoms with van der Waals surface area (Å²) in [4.78, 5) is 26.7. The Hall–Kier alpha value is -3.50. The minimum atomic E-state index is -5.85. The van der Waals surface area contributed by atoms with Crippen molar-refractivity contribution in [3.8, 4) is 5.75 Å². The first-order valence-electron chi connectivity index (χ1n) is 9.70. The van der Waals surface area contributed by atoms with Crippen molar-refractivity contribution in [3.63, 3.8) is 0 Å². The van der Waals surface area contributed by atoms with Crippen molar-refractivity contribution in [2.75, 3.05) is 5.32 Å². The number of H-pyrrole nitrogens is 1. The van der Waals surface area contributed by atoms with Gasteiger partial charge in [0.2, 0.25) is 11.5 Å². The average molecular weight is 472 g/mol. The van der Waals surface area contributed by atoms with Gasteiger partial charge in [-0.15, -0.1) is 0 Å². The number of hydrogen-bond acceptors (Lipinski definition) is 3. The maximum Gasteiger partial charge on any atom is 0.458 e. The molecule has 0 spiro atoms. The van der Waals surface area contributed by atoms with Crippen LogP contribution in [0.4, 0.5) is 32.0 Å². The van der Waals surface area contributed by atoms with Gasteiger partial charge in [0.1, 0.15) is 18.2 Å². The minimum absolute atomic E-state index is 0.0176. The first-order valence-corrected chi connectivity index (χ1v) is 9.70. The van der Waals surface area contributed by atoms with Gasteiger partial charge >= 0.3 is 12.1 Å². The Labute approximate surface area is 183 Å². The largest absolute Gasteiger partial charge is 0.461 e. The summed E-state index contributed by atoms with van der Waals surface area (Å²) in [6, 6.07) is 7.75. The third kappa shape index (κ3) is 5.65. The summed E-state index contributed by atoms with van der Waals surface area (Å²) in [6.45, 7) is -0.769. The van der Waals surface area contributed by atoms with Gasteiger partial charge in [-0.2, -0.15) is 22.0 Å². The summed E-state index contributed by atoms with van der Waals surface area (Å²) in [6.07, 6.45) is -3.76. The van der Waals surface area contributed by atoms with Gasteiger partial charge in [0, 0.05) is 23.5 Å². The fourth-order valence-electron chi connectivity index (χ4n) is 3.14. The van der Waals surface area contributed by atoms with E-state index in [1.165, 1.54) is 36.5 Å². The number of rotatable bonds is 6. The number of hydrogen-bond donors (Lipinski definition) is 2. The minimum Gasteiger partial charge on any atom is -0.461 e. The zero-order chi connectivity index (χ0) is 24.2. The predicted molar refractivity (Wildman–Crippen MR) is 107 cm³/mol. The maximum atomic E-state index is 14.1. The number of anilines is 1.